The van der Waals surface area contributed by atoms with Crippen molar-refractivity contribution in [2.45, 2.75) is 360 Å². The van der Waals surface area contributed by atoms with E-state index in [1.165, 1.54) is 225 Å². The Morgan fingerprint density at radius 2 is 0.626 bits per heavy atom. The van der Waals surface area contributed by atoms with Gasteiger partial charge >= 0.3 is 19.8 Å². The average Bonchev–Trinajstić information content (AvgIpc) is 3.73. The molecule has 528 valence electrons. The van der Waals surface area contributed by atoms with Gasteiger partial charge < -0.3 is 18.9 Å². The van der Waals surface area contributed by atoms with Gasteiger partial charge in [-0.25, -0.2) is 4.57 Å². The zero-order chi connectivity index (χ0) is 66.2. The molecule has 0 amide bonds. The van der Waals surface area contributed by atoms with E-state index in [1.54, 1.807) is 0 Å². The highest BCUT2D eigenvalue weighted by Gasteiger charge is 2.27. The van der Waals surface area contributed by atoms with Gasteiger partial charge in [-0.15, -0.1) is 0 Å². The number of esters is 2. The van der Waals surface area contributed by atoms with E-state index in [4.69, 9.17) is 18.5 Å². The van der Waals surface area contributed by atoms with E-state index in [-0.39, 0.29) is 32.0 Å². The van der Waals surface area contributed by atoms with Crippen molar-refractivity contribution < 1.29 is 42.1 Å². The highest BCUT2D eigenvalue weighted by molar-refractivity contribution is 7.47. The smallest absolute Gasteiger partial charge is 0.462 e. The number of ether oxygens (including phenoxy) is 2. The first-order valence-electron chi connectivity index (χ1n) is 38.5. The molecule has 0 heterocycles. The Labute approximate surface area is 564 Å². The maximum absolute atomic E-state index is 12.9. The van der Waals surface area contributed by atoms with Crippen LogP contribution in [0.5, 0.6) is 0 Å². The normalized spacial score (nSPS) is 13.6. The number of phosphoric ester groups is 1. The van der Waals surface area contributed by atoms with Crippen molar-refractivity contribution >= 4 is 19.8 Å². The van der Waals surface area contributed by atoms with Crippen molar-refractivity contribution in [2.24, 2.45) is 0 Å². The summed E-state index contributed by atoms with van der Waals surface area (Å²) in [6.07, 6.45) is 99.7. The van der Waals surface area contributed by atoms with Crippen LogP contribution in [0.25, 0.3) is 0 Å². The van der Waals surface area contributed by atoms with Gasteiger partial charge in [-0.1, -0.05) is 361 Å². The fourth-order valence-electron chi connectivity index (χ4n) is 11.0. The SMILES string of the molecule is CC/C=C\C/C=C\C/C=C\C/C=C\C/C=C\C/C=C\C/C=C\C/C=C\CCCCCCCCCCCCC(=O)OC(COC(=O)CCCCCCCCCCCCCCCCCCCCCCCCCCCCCCCCCC)COP(=O)(O)OCC[N+](C)(C)C. The first-order chi connectivity index (χ1) is 44.5. The first-order valence-corrected chi connectivity index (χ1v) is 40.0. The number of phosphoric acid groups is 1. The van der Waals surface area contributed by atoms with Crippen molar-refractivity contribution in [1.29, 1.82) is 0 Å². The van der Waals surface area contributed by atoms with Crippen LogP contribution in [0.2, 0.25) is 0 Å². The molecule has 2 atom stereocenters. The van der Waals surface area contributed by atoms with E-state index in [1.807, 2.05) is 21.1 Å². The summed E-state index contributed by atoms with van der Waals surface area (Å²) >= 11 is 0. The van der Waals surface area contributed by atoms with Crippen molar-refractivity contribution in [3.05, 3.63) is 97.2 Å². The van der Waals surface area contributed by atoms with Crippen LogP contribution in [0.1, 0.15) is 354 Å². The maximum atomic E-state index is 12.9. The third kappa shape index (κ3) is 75.8. The number of hydrogen-bond donors (Lipinski definition) is 1. The quantitative estimate of drug-likeness (QED) is 0.0211. The molecule has 0 spiro atoms. The number of unbranched alkanes of at least 4 members (excludes halogenated alkanes) is 41. The highest BCUT2D eigenvalue weighted by Crippen LogP contribution is 2.43. The van der Waals surface area contributed by atoms with Crippen molar-refractivity contribution in [3.8, 4) is 0 Å². The Kier molecular flexibility index (Phi) is 68.8. The van der Waals surface area contributed by atoms with Crippen LogP contribution < -0.4 is 0 Å². The molecular weight excluding hydrogens is 1150 g/mol. The predicted octanol–water partition coefficient (Wildman–Crippen LogP) is 25.4. The minimum Gasteiger partial charge on any atom is -0.462 e. The van der Waals surface area contributed by atoms with E-state index in [2.05, 4.69) is 111 Å². The standard InChI is InChI=1S/C81H146NO8P/c1-6-8-10-12-14-16-18-20-22-24-26-28-30-32-34-36-38-40-41-42-44-46-48-50-52-54-56-58-60-62-64-66-68-70-72-74-81(84)90-79(78-89-91(85,86)88-76-75-82(3,4)5)77-87-80(83)73-71-69-67-65-63-61-59-57-55-53-51-49-47-45-43-39-37-35-33-31-29-27-25-23-21-19-17-15-13-11-9-7-2/h8,10,14,16,20,22,26,28,32,34,38,40,42,44,48,50,79H,6-7,9,11-13,15,17-19,21,23-25,27,29-31,33,35-37,39,41,43,45-47,49,51-78H2,1-5H3/p+1/b10-8-,16-14-,22-20-,28-26-,34-32-,40-38-,44-42-,50-48-. The second kappa shape index (κ2) is 71.2. The van der Waals surface area contributed by atoms with E-state index in [9.17, 15) is 19.0 Å². The van der Waals surface area contributed by atoms with Gasteiger partial charge in [0.1, 0.15) is 19.8 Å². The van der Waals surface area contributed by atoms with Crippen molar-refractivity contribution in [1.82, 2.24) is 0 Å². The lowest BCUT2D eigenvalue weighted by Gasteiger charge is -2.24. The largest absolute Gasteiger partial charge is 0.472 e. The van der Waals surface area contributed by atoms with Gasteiger partial charge in [0.2, 0.25) is 0 Å². The highest BCUT2D eigenvalue weighted by atomic mass is 31.2. The maximum Gasteiger partial charge on any atom is 0.472 e. The molecule has 91 heavy (non-hydrogen) atoms. The molecule has 9 nitrogen and oxygen atoms in total. The van der Waals surface area contributed by atoms with Gasteiger partial charge in [-0.3, -0.25) is 18.6 Å². The molecule has 0 saturated carbocycles. The van der Waals surface area contributed by atoms with Gasteiger partial charge in [-0.05, 0) is 77.0 Å². The van der Waals surface area contributed by atoms with E-state index < -0.39 is 26.5 Å². The molecule has 0 aromatic carbocycles. The Morgan fingerprint density at radius 3 is 0.934 bits per heavy atom. The van der Waals surface area contributed by atoms with Gasteiger partial charge in [-0.2, -0.15) is 0 Å². The molecule has 2 unspecified atom stereocenters. The number of nitrogens with zero attached hydrogens (tertiary/aromatic N) is 1. The number of hydrogen-bond acceptors (Lipinski definition) is 7. The fourth-order valence-corrected chi connectivity index (χ4v) is 11.8. The molecule has 0 saturated heterocycles. The minimum absolute atomic E-state index is 0.0288. The summed E-state index contributed by atoms with van der Waals surface area (Å²) < 4.78 is 34.8. The van der Waals surface area contributed by atoms with E-state index in [0.717, 1.165) is 96.3 Å². The third-order valence-corrected chi connectivity index (χ3v) is 17.9. The van der Waals surface area contributed by atoms with Crippen LogP contribution in [-0.2, 0) is 32.7 Å². The summed E-state index contributed by atoms with van der Waals surface area (Å²) in [7, 11) is 1.48. The van der Waals surface area contributed by atoms with Crippen LogP contribution in [0.4, 0.5) is 0 Å². The van der Waals surface area contributed by atoms with Crippen molar-refractivity contribution in [3.63, 3.8) is 0 Å². The van der Waals surface area contributed by atoms with Crippen LogP contribution >= 0.6 is 7.82 Å². The molecule has 10 heteroatoms. The number of carbonyl (C=O) groups is 2. The molecule has 0 aliphatic rings. The van der Waals surface area contributed by atoms with Gasteiger partial charge in [0.05, 0.1) is 27.7 Å². The zero-order valence-corrected chi connectivity index (χ0v) is 61.2. The van der Waals surface area contributed by atoms with Crippen LogP contribution in [0, 0.1) is 0 Å². The Balaban J connectivity index is 4.01. The lowest BCUT2D eigenvalue weighted by Crippen LogP contribution is -2.37. The third-order valence-electron chi connectivity index (χ3n) is 16.9. The molecule has 0 fully saturated rings. The number of likely N-dealkylation sites (N-methyl/N-ethyl adjacent to an activating group) is 1. The monoisotopic (exact) mass is 1290 g/mol. The Morgan fingerprint density at radius 1 is 0.352 bits per heavy atom. The number of rotatable bonds is 71. The molecule has 0 aliphatic carbocycles. The minimum atomic E-state index is -4.40. The summed E-state index contributed by atoms with van der Waals surface area (Å²) in [5.41, 5.74) is 0. The topological polar surface area (TPSA) is 108 Å². The van der Waals surface area contributed by atoms with Gasteiger partial charge in [0.15, 0.2) is 6.10 Å². The van der Waals surface area contributed by atoms with E-state index >= 15 is 0 Å². The number of allylic oxidation sites excluding steroid dienone is 16. The van der Waals surface area contributed by atoms with Gasteiger partial charge in [0.25, 0.3) is 0 Å². The lowest BCUT2D eigenvalue weighted by atomic mass is 10.0. The summed E-state index contributed by atoms with van der Waals surface area (Å²) in [6, 6.07) is 0. The second-order valence-electron chi connectivity index (χ2n) is 27.0. The van der Waals surface area contributed by atoms with E-state index in [0.29, 0.717) is 17.4 Å². The van der Waals surface area contributed by atoms with Crippen LogP contribution in [0.3, 0.4) is 0 Å². The van der Waals surface area contributed by atoms with Crippen LogP contribution in [0.15, 0.2) is 97.2 Å². The Hall–Kier alpha value is -3.07. The molecule has 0 radical (unpaired) electrons. The average molecular weight is 1290 g/mol. The summed E-state index contributed by atoms with van der Waals surface area (Å²) in [6.45, 7) is 4.36. The molecule has 0 aromatic heterocycles. The molecule has 0 aliphatic heterocycles. The van der Waals surface area contributed by atoms with Crippen molar-refractivity contribution in [2.75, 3.05) is 47.5 Å². The lowest BCUT2D eigenvalue weighted by molar-refractivity contribution is -0.870. The van der Waals surface area contributed by atoms with Gasteiger partial charge in [0, 0.05) is 12.8 Å². The summed E-state index contributed by atoms with van der Waals surface area (Å²) in [5.74, 6) is -0.791. The molecule has 0 rings (SSSR count). The molecule has 0 aromatic rings. The fraction of sp³-hybridized carbons (Fsp3) is 0.778. The van der Waals surface area contributed by atoms with Crippen LogP contribution in [-0.4, -0.2) is 74.9 Å². The zero-order valence-electron chi connectivity index (χ0n) is 60.3. The number of quaternary nitrogens is 1. The molecule has 1 N–H and O–H groups in total. The molecular formula is C81H147NO8P+. The Bertz CT molecular complexity index is 1860. The summed E-state index contributed by atoms with van der Waals surface area (Å²) in [4.78, 5) is 36.0. The number of carbonyl (C=O) groups excluding carboxylic acids is 2. The molecule has 0 bridgehead atoms. The first kappa shape index (κ1) is 87.9. The predicted molar refractivity (Wildman–Crippen MR) is 395 cm³/mol. The second-order valence-corrected chi connectivity index (χ2v) is 28.5. The summed E-state index contributed by atoms with van der Waals surface area (Å²) in [5, 5.41) is 0.